The van der Waals surface area contributed by atoms with Crippen LogP contribution in [0.15, 0.2) is 0 Å². The molecule has 0 radical (unpaired) electrons. The van der Waals surface area contributed by atoms with Crippen molar-refractivity contribution in [3.63, 3.8) is 0 Å². The minimum Gasteiger partial charge on any atom is -0.459 e. The monoisotopic (exact) mass is 804 g/mol. The molecule has 0 aliphatic carbocycles. The molecule has 0 spiro atoms. The van der Waals surface area contributed by atoms with Crippen molar-refractivity contribution in [2.24, 2.45) is 29.6 Å². The van der Waals surface area contributed by atoms with Gasteiger partial charge in [0.1, 0.15) is 23.4 Å². The van der Waals surface area contributed by atoms with E-state index in [2.05, 4.69) is 13.8 Å². The number of hydrogen-bond acceptors (Lipinski definition) is 14. The molecule has 0 aromatic heterocycles. The van der Waals surface area contributed by atoms with Crippen molar-refractivity contribution in [2.75, 3.05) is 34.9 Å². The van der Waals surface area contributed by atoms with Crippen molar-refractivity contribution in [3.05, 3.63) is 0 Å². The molecule has 0 amide bonds. The molecule has 0 bridgehead atoms. The first-order chi connectivity index (χ1) is 26.0. The number of ether oxygens (including phenoxy) is 8. The van der Waals surface area contributed by atoms with Crippen LogP contribution in [0.25, 0.3) is 0 Å². The molecule has 2 unspecified atom stereocenters. The van der Waals surface area contributed by atoms with E-state index in [4.69, 9.17) is 37.9 Å². The molecule has 3 fully saturated rings. The van der Waals surface area contributed by atoms with Crippen LogP contribution in [0.2, 0.25) is 0 Å². The zero-order valence-corrected chi connectivity index (χ0v) is 37.0. The van der Waals surface area contributed by atoms with Gasteiger partial charge >= 0.3 is 11.9 Å². The number of aliphatic hydroxyl groups is 3. The topological polar surface area (TPSA) is 172 Å². The number of rotatable bonds is 11. The lowest BCUT2D eigenvalue weighted by atomic mass is 9.70. The zero-order chi connectivity index (χ0) is 42.5. The van der Waals surface area contributed by atoms with E-state index < -0.39 is 89.8 Å². The Balaban J connectivity index is 2.22. The Morgan fingerprint density at radius 1 is 0.929 bits per heavy atom. The summed E-state index contributed by atoms with van der Waals surface area (Å²) in [7, 11) is 7.02. The third-order valence-corrected chi connectivity index (χ3v) is 13.2. The second-order valence-corrected chi connectivity index (χ2v) is 18.1. The molecule has 0 aromatic carbocycles. The summed E-state index contributed by atoms with van der Waals surface area (Å²) in [6, 6.07) is -0.233. The lowest BCUT2D eigenvalue weighted by Crippen LogP contribution is -2.61. The molecule has 3 N–H and O–H groups in total. The van der Waals surface area contributed by atoms with Gasteiger partial charge in [-0.05, 0) is 105 Å². The van der Waals surface area contributed by atoms with E-state index in [1.165, 1.54) is 6.92 Å². The van der Waals surface area contributed by atoms with Crippen LogP contribution in [-0.4, -0.2) is 145 Å². The molecule has 18 atom stereocenters. The molecule has 3 aliphatic rings. The summed E-state index contributed by atoms with van der Waals surface area (Å²) in [5.41, 5.74) is -3.44. The Morgan fingerprint density at radius 2 is 1.54 bits per heavy atom. The second-order valence-electron chi connectivity index (χ2n) is 18.1. The first-order valence-electron chi connectivity index (χ1n) is 20.8. The number of nitrogens with zero attached hydrogens (tertiary/aromatic N) is 1. The van der Waals surface area contributed by atoms with E-state index in [0.29, 0.717) is 32.1 Å². The van der Waals surface area contributed by atoms with Crippen LogP contribution in [0.5, 0.6) is 0 Å². The Hall–Kier alpha value is -1.46. The largest absolute Gasteiger partial charge is 0.459 e. The van der Waals surface area contributed by atoms with Gasteiger partial charge in [0.15, 0.2) is 18.7 Å². The summed E-state index contributed by atoms with van der Waals surface area (Å²) in [5, 5.41) is 34.0. The van der Waals surface area contributed by atoms with E-state index in [9.17, 15) is 24.9 Å². The quantitative estimate of drug-likeness (QED) is 0.250. The summed E-state index contributed by atoms with van der Waals surface area (Å²) in [6.07, 6.45) is -4.45. The van der Waals surface area contributed by atoms with Gasteiger partial charge in [0, 0.05) is 46.1 Å². The molecule has 56 heavy (non-hydrogen) atoms. The van der Waals surface area contributed by atoms with Crippen molar-refractivity contribution in [3.8, 4) is 0 Å². The van der Waals surface area contributed by atoms with Gasteiger partial charge in [0.25, 0.3) is 0 Å². The minimum atomic E-state index is -1.45. The van der Waals surface area contributed by atoms with Gasteiger partial charge in [-0.2, -0.15) is 0 Å². The van der Waals surface area contributed by atoms with Crippen molar-refractivity contribution < 1.29 is 62.8 Å². The Morgan fingerprint density at radius 3 is 2.07 bits per heavy atom. The molecule has 14 nitrogen and oxygen atoms in total. The molecular formula is C42H77NO13. The fraction of sp³-hybridized carbons (Fsp3) is 0.952. The van der Waals surface area contributed by atoms with Crippen LogP contribution < -0.4 is 0 Å². The number of cyclic esters (lactones) is 1. The highest BCUT2D eigenvalue weighted by Gasteiger charge is 2.54. The summed E-state index contributed by atoms with van der Waals surface area (Å²) in [6.45, 7) is 20.2. The maximum Gasteiger partial charge on any atom is 0.311 e. The maximum atomic E-state index is 14.5. The molecule has 328 valence electrons. The van der Waals surface area contributed by atoms with Crippen LogP contribution in [0.1, 0.15) is 115 Å². The summed E-state index contributed by atoms with van der Waals surface area (Å²) in [5.74, 6) is -2.99. The van der Waals surface area contributed by atoms with Crippen molar-refractivity contribution >= 4 is 11.9 Å². The van der Waals surface area contributed by atoms with Crippen molar-refractivity contribution in [2.45, 2.75) is 193 Å². The first kappa shape index (κ1) is 48.9. The first-order valence-corrected chi connectivity index (χ1v) is 20.8. The zero-order valence-electron chi connectivity index (χ0n) is 37.0. The Kier molecular flexibility index (Phi) is 17.6. The smallest absolute Gasteiger partial charge is 0.311 e. The molecule has 0 saturated carbocycles. The predicted molar refractivity (Wildman–Crippen MR) is 209 cm³/mol. The SMILES string of the molecule is CC[C@H]1OC(=O)[C@H](C)[C@@H](OC2C[C@@](C)(OC)[C@@H](OC(C)=O)[C@H](C)O2)[C@H](C)[C@@H](O[C@@H]2O[C@H](C)C[C@H](N(C)C)[C@H]2O)[C@](C)(OC)C[C@@H](C)CC(C)[C@@H](CCO)[C@]1(C)O. The molecule has 14 heteroatoms. The molecule has 3 aliphatic heterocycles. The van der Waals surface area contributed by atoms with Gasteiger partial charge in [0.2, 0.25) is 0 Å². The molecule has 3 heterocycles. The lowest BCUT2D eigenvalue weighted by Gasteiger charge is -2.50. The summed E-state index contributed by atoms with van der Waals surface area (Å²) < 4.78 is 50.9. The number of carbonyl (C=O) groups is 2. The average Bonchev–Trinajstić information content (AvgIpc) is 3.11. The molecule has 0 aromatic rings. The van der Waals surface area contributed by atoms with Crippen LogP contribution in [0, 0.1) is 29.6 Å². The Bertz CT molecular complexity index is 1250. The fourth-order valence-corrected chi connectivity index (χ4v) is 10.1. The van der Waals surface area contributed by atoms with Gasteiger partial charge in [-0.1, -0.05) is 27.7 Å². The number of carbonyl (C=O) groups excluding carboxylic acids is 2. The van der Waals surface area contributed by atoms with E-state index in [1.54, 1.807) is 35.0 Å². The van der Waals surface area contributed by atoms with Crippen LogP contribution in [0.4, 0.5) is 0 Å². The van der Waals surface area contributed by atoms with Gasteiger partial charge in [-0.25, -0.2) is 0 Å². The molecule has 3 saturated heterocycles. The minimum absolute atomic E-state index is 0.0430. The second kappa shape index (κ2) is 20.2. The lowest BCUT2D eigenvalue weighted by molar-refractivity contribution is -0.320. The standard InChI is InChI=1S/C42H77NO13/c1-16-32-42(11,48)30(17-18-44)24(3)19-23(2)21-40(9,49-14)36(56-39-34(46)31(43(12)13)20-25(4)51-39)26(5)35(27(6)38(47)54-32)55-33-22-41(10,50-15)37(28(7)52-33)53-29(8)45/h23-28,30-37,39,44,46,48H,16-22H2,1-15H3/t23-,24?,25+,26-,27+,28-,30+,31-,32+,33?,34+,35-,36+,37-,39-,40+,41+,42-/m0/s1. The van der Waals surface area contributed by atoms with Gasteiger partial charge in [-0.3, -0.25) is 9.59 Å². The van der Waals surface area contributed by atoms with Gasteiger partial charge in [0.05, 0.1) is 35.9 Å². The maximum absolute atomic E-state index is 14.5. The van der Waals surface area contributed by atoms with E-state index in [1.807, 2.05) is 53.6 Å². The number of esters is 2. The highest BCUT2D eigenvalue weighted by atomic mass is 16.7. The normalized spacial score (nSPS) is 46.2. The average molecular weight is 804 g/mol. The van der Waals surface area contributed by atoms with Crippen LogP contribution >= 0.6 is 0 Å². The summed E-state index contributed by atoms with van der Waals surface area (Å²) >= 11 is 0. The van der Waals surface area contributed by atoms with Crippen molar-refractivity contribution in [1.29, 1.82) is 0 Å². The summed E-state index contributed by atoms with van der Waals surface area (Å²) in [4.78, 5) is 28.5. The van der Waals surface area contributed by atoms with Gasteiger partial charge < -0.3 is 58.1 Å². The van der Waals surface area contributed by atoms with Gasteiger partial charge in [-0.15, -0.1) is 0 Å². The molecule has 3 rings (SSSR count). The third kappa shape index (κ3) is 11.2. The van der Waals surface area contributed by atoms with Crippen LogP contribution in [0.3, 0.4) is 0 Å². The van der Waals surface area contributed by atoms with Crippen LogP contribution in [-0.2, 0) is 47.5 Å². The molecular weight excluding hydrogens is 726 g/mol. The van der Waals surface area contributed by atoms with E-state index >= 15 is 0 Å². The predicted octanol–water partition coefficient (Wildman–Crippen LogP) is 4.47. The van der Waals surface area contributed by atoms with E-state index in [-0.39, 0.29) is 42.9 Å². The third-order valence-electron chi connectivity index (χ3n) is 13.2. The fourth-order valence-electron chi connectivity index (χ4n) is 10.1. The highest BCUT2D eigenvalue weighted by molar-refractivity contribution is 5.73. The highest BCUT2D eigenvalue weighted by Crippen LogP contribution is 2.44. The number of likely N-dealkylation sites (N-methyl/N-ethyl adjacent to an activating group) is 1. The number of aliphatic hydroxyl groups excluding tert-OH is 2. The Labute approximate surface area is 336 Å². The number of methoxy groups -OCH3 is 2. The number of hydrogen-bond donors (Lipinski definition) is 3. The van der Waals surface area contributed by atoms with Crippen molar-refractivity contribution in [1.82, 2.24) is 4.90 Å². The van der Waals surface area contributed by atoms with E-state index in [0.717, 1.165) is 0 Å².